The summed E-state index contributed by atoms with van der Waals surface area (Å²) in [5.41, 5.74) is 0. The molecule has 1 aliphatic heterocycles. The van der Waals surface area contributed by atoms with E-state index in [2.05, 4.69) is 65.5 Å². The highest BCUT2D eigenvalue weighted by atomic mass is 28.5. The third kappa shape index (κ3) is 7.96. The largest absolute Gasteiger partial charge is 0.416 e. The quantitative estimate of drug-likeness (QED) is 0.586. The van der Waals surface area contributed by atoms with Crippen molar-refractivity contribution in [2.75, 3.05) is 0 Å². The first-order chi connectivity index (χ1) is 8.54. The Bertz CT molecular complexity index is 270. The topological polar surface area (TPSA) is 46.2 Å². The van der Waals surface area contributed by atoms with Crippen LogP contribution in [0, 0.1) is 0 Å². The van der Waals surface area contributed by atoms with Crippen LogP contribution in [-0.4, -0.2) is 53.8 Å². The Kier molecular flexibility index (Phi) is 6.89. The lowest BCUT2D eigenvalue weighted by atomic mass is 11.9. The Morgan fingerprint density at radius 1 is 0.333 bits per heavy atom. The summed E-state index contributed by atoms with van der Waals surface area (Å²) < 4.78 is 31.5. The standard InChI is InChI=1S/C10H30O5Si5.Si/c1-16(2)11-17(3,4)13-19(7,8)15-20(9,10)14-18(5,6)12-16;/h1-10H3;. The summed E-state index contributed by atoms with van der Waals surface area (Å²) in [6, 6.07) is 0. The maximum atomic E-state index is 6.30. The van der Waals surface area contributed by atoms with Crippen molar-refractivity contribution in [3.8, 4) is 0 Å². The monoisotopic (exact) mass is 398 g/mol. The molecule has 11 heteroatoms. The van der Waals surface area contributed by atoms with Crippen LogP contribution in [-0.2, 0) is 20.6 Å². The molecule has 1 aliphatic rings. The average molecular weight is 399 g/mol. The van der Waals surface area contributed by atoms with Crippen LogP contribution in [0.25, 0.3) is 0 Å². The third-order valence-corrected chi connectivity index (χ3v) is 22.1. The first-order valence-electron chi connectivity index (χ1n) is 7.04. The summed E-state index contributed by atoms with van der Waals surface area (Å²) in [7, 11) is -11.3. The van der Waals surface area contributed by atoms with Gasteiger partial charge in [0.15, 0.2) is 0 Å². The summed E-state index contributed by atoms with van der Waals surface area (Å²) in [5.74, 6) is 0. The van der Waals surface area contributed by atoms with Crippen LogP contribution in [0.1, 0.15) is 0 Å². The smallest absolute Gasteiger partial charge is 0.314 e. The first kappa shape index (κ1) is 22.1. The lowest BCUT2D eigenvalue weighted by Gasteiger charge is -2.46. The zero-order chi connectivity index (χ0) is 16.0. The molecule has 1 rings (SSSR count). The Morgan fingerprint density at radius 2 is 0.429 bits per heavy atom. The molecule has 0 aromatic carbocycles. The fraction of sp³-hybridized carbons (Fsp3) is 1.00. The minimum Gasteiger partial charge on any atom is -0.416 e. The second-order valence-electron chi connectivity index (χ2n) is 7.51. The first-order valence-corrected chi connectivity index (χ1v) is 21.1. The highest BCUT2D eigenvalue weighted by Crippen LogP contribution is 2.30. The maximum Gasteiger partial charge on any atom is 0.314 e. The van der Waals surface area contributed by atoms with Crippen molar-refractivity contribution in [2.24, 2.45) is 0 Å². The fourth-order valence-corrected chi connectivity index (χ4v) is 29.4. The molecule has 0 spiro atoms. The highest BCUT2D eigenvalue weighted by Gasteiger charge is 2.50. The van der Waals surface area contributed by atoms with Gasteiger partial charge >= 0.3 is 42.8 Å². The van der Waals surface area contributed by atoms with E-state index in [0.717, 1.165) is 0 Å². The van der Waals surface area contributed by atoms with Gasteiger partial charge in [-0.05, 0) is 65.5 Å². The second kappa shape index (κ2) is 6.54. The maximum absolute atomic E-state index is 6.30. The van der Waals surface area contributed by atoms with Crippen LogP contribution in [0.2, 0.25) is 65.5 Å². The predicted octanol–water partition coefficient (Wildman–Crippen LogP) is 3.21. The van der Waals surface area contributed by atoms with Gasteiger partial charge in [-0.2, -0.15) is 0 Å². The van der Waals surface area contributed by atoms with Crippen molar-refractivity contribution in [1.29, 1.82) is 0 Å². The van der Waals surface area contributed by atoms with Gasteiger partial charge in [0.25, 0.3) is 0 Å². The van der Waals surface area contributed by atoms with E-state index in [4.69, 9.17) is 20.6 Å². The van der Waals surface area contributed by atoms with Crippen LogP contribution in [0.15, 0.2) is 0 Å². The zero-order valence-electron chi connectivity index (χ0n) is 15.0. The van der Waals surface area contributed by atoms with Gasteiger partial charge in [0.05, 0.1) is 0 Å². The molecule has 0 N–H and O–H groups in total. The van der Waals surface area contributed by atoms with Crippen LogP contribution < -0.4 is 0 Å². The molecular formula is C10H30O5Si6. The summed E-state index contributed by atoms with van der Waals surface area (Å²) in [4.78, 5) is 0. The van der Waals surface area contributed by atoms with Gasteiger partial charge in [0.1, 0.15) is 0 Å². The molecule has 0 amide bonds. The van der Waals surface area contributed by atoms with E-state index in [9.17, 15) is 0 Å². The fourth-order valence-electron chi connectivity index (χ4n) is 3.06. The van der Waals surface area contributed by atoms with Crippen molar-refractivity contribution in [3.63, 3.8) is 0 Å². The number of hydrogen-bond acceptors (Lipinski definition) is 5. The van der Waals surface area contributed by atoms with Crippen LogP contribution in [0.3, 0.4) is 0 Å². The second-order valence-corrected chi connectivity index (χ2v) is 25.6. The normalized spacial score (nSPS) is 30.0. The van der Waals surface area contributed by atoms with Crippen molar-refractivity contribution < 1.29 is 20.6 Å². The zero-order valence-corrected chi connectivity index (χ0v) is 21.0. The molecule has 5 nitrogen and oxygen atoms in total. The summed E-state index contributed by atoms with van der Waals surface area (Å²) in [6.07, 6.45) is 0. The van der Waals surface area contributed by atoms with E-state index in [0.29, 0.717) is 0 Å². The van der Waals surface area contributed by atoms with Gasteiger partial charge in [-0.15, -0.1) is 0 Å². The molecule has 0 bridgehead atoms. The molecule has 124 valence electrons. The van der Waals surface area contributed by atoms with E-state index >= 15 is 0 Å². The van der Waals surface area contributed by atoms with E-state index in [1.807, 2.05) is 0 Å². The Labute approximate surface area is 139 Å². The van der Waals surface area contributed by atoms with E-state index in [-0.39, 0.29) is 11.0 Å². The van der Waals surface area contributed by atoms with E-state index in [1.165, 1.54) is 0 Å². The highest BCUT2D eigenvalue weighted by molar-refractivity contribution is 6.92. The van der Waals surface area contributed by atoms with Crippen molar-refractivity contribution in [3.05, 3.63) is 0 Å². The van der Waals surface area contributed by atoms with Crippen LogP contribution in [0.4, 0.5) is 0 Å². The molecule has 0 saturated carbocycles. The third-order valence-electron chi connectivity index (χ3n) is 2.46. The van der Waals surface area contributed by atoms with Gasteiger partial charge in [-0.1, -0.05) is 0 Å². The molecule has 0 unspecified atom stereocenters. The molecule has 0 aromatic rings. The molecule has 0 aliphatic carbocycles. The minimum atomic E-state index is -2.26. The molecule has 4 radical (unpaired) electrons. The Balaban J connectivity index is 0.00000400. The Hall–Kier alpha value is 1.10. The number of rotatable bonds is 0. The minimum absolute atomic E-state index is 0. The van der Waals surface area contributed by atoms with Crippen molar-refractivity contribution in [2.45, 2.75) is 65.5 Å². The summed E-state index contributed by atoms with van der Waals surface area (Å²) >= 11 is 0. The van der Waals surface area contributed by atoms with Crippen molar-refractivity contribution >= 4 is 53.8 Å². The molecular weight excluding hydrogens is 369 g/mol. The van der Waals surface area contributed by atoms with Gasteiger partial charge in [-0.25, -0.2) is 0 Å². The average Bonchev–Trinajstić information content (AvgIpc) is 1.84. The lowest BCUT2D eigenvalue weighted by Crippen LogP contribution is -2.64. The van der Waals surface area contributed by atoms with Crippen LogP contribution >= 0.6 is 0 Å². The summed E-state index contributed by atoms with van der Waals surface area (Å²) in [6.45, 7) is 20.8. The molecule has 1 heterocycles. The van der Waals surface area contributed by atoms with Crippen LogP contribution in [0.5, 0.6) is 0 Å². The summed E-state index contributed by atoms with van der Waals surface area (Å²) in [5, 5.41) is 0. The SMILES string of the molecule is C[Si]1(C)O[Si](C)(C)O[Si](C)(C)O[Si](C)(C)O[Si](C)(C)O1.[Si]. The van der Waals surface area contributed by atoms with Gasteiger partial charge < -0.3 is 20.6 Å². The molecule has 1 fully saturated rings. The van der Waals surface area contributed by atoms with E-state index < -0.39 is 42.8 Å². The van der Waals surface area contributed by atoms with Gasteiger partial charge in [0.2, 0.25) is 0 Å². The van der Waals surface area contributed by atoms with E-state index in [1.54, 1.807) is 0 Å². The van der Waals surface area contributed by atoms with Gasteiger partial charge in [-0.3, -0.25) is 0 Å². The Morgan fingerprint density at radius 3 is 0.524 bits per heavy atom. The predicted molar refractivity (Wildman–Crippen MR) is 98.6 cm³/mol. The molecule has 21 heavy (non-hydrogen) atoms. The molecule has 1 saturated heterocycles. The van der Waals surface area contributed by atoms with Crippen molar-refractivity contribution in [1.82, 2.24) is 0 Å². The lowest BCUT2D eigenvalue weighted by molar-refractivity contribution is 0.239. The van der Waals surface area contributed by atoms with Gasteiger partial charge in [0, 0.05) is 11.0 Å². The molecule has 0 aromatic heterocycles. The molecule has 0 atom stereocenters. The number of hydrogen-bond donors (Lipinski definition) is 0.